The van der Waals surface area contributed by atoms with Crippen LogP contribution in [0.25, 0.3) is 0 Å². The minimum atomic E-state index is -0.822. The van der Waals surface area contributed by atoms with Crippen molar-refractivity contribution in [3.8, 4) is 0 Å². The third kappa shape index (κ3) is 3.67. The smallest absolute Gasteiger partial charge is 0.343 e. The number of carbonyl (C=O) groups excluding carboxylic acids is 1. The Bertz CT molecular complexity index is 750. The van der Waals surface area contributed by atoms with E-state index >= 15 is 0 Å². The number of hydrogen-bond acceptors (Lipinski definition) is 3. The lowest BCUT2D eigenvalue weighted by atomic mass is 10.0. The molecule has 0 fully saturated rings. The maximum Gasteiger partial charge on any atom is 0.343 e. The maximum absolute atomic E-state index is 14.4. The van der Waals surface area contributed by atoms with E-state index in [9.17, 15) is 9.18 Å². The lowest BCUT2D eigenvalue weighted by molar-refractivity contribution is 0.0596. The van der Waals surface area contributed by atoms with Gasteiger partial charge in [-0.25, -0.2) is 9.18 Å². The Labute approximate surface area is 147 Å². The van der Waals surface area contributed by atoms with Crippen molar-refractivity contribution in [3.05, 3.63) is 56.8 Å². The van der Waals surface area contributed by atoms with Gasteiger partial charge in [-0.3, -0.25) is 0 Å². The molecule has 23 heavy (non-hydrogen) atoms. The van der Waals surface area contributed by atoms with Crippen LogP contribution in [-0.4, -0.2) is 13.1 Å². The van der Waals surface area contributed by atoms with Crippen LogP contribution >= 0.6 is 27.5 Å². The molecule has 0 aromatic heterocycles. The van der Waals surface area contributed by atoms with Crippen LogP contribution in [0.2, 0.25) is 5.02 Å². The summed E-state index contributed by atoms with van der Waals surface area (Å²) in [4.78, 5) is 12.0. The maximum atomic E-state index is 14.4. The van der Waals surface area contributed by atoms with Crippen molar-refractivity contribution in [2.24, 2.45) is 0 Å². The van der Waals surface area contributed by atoms with E-state index < -0.39 is 11.8 Å². The van der Waals surface area contributed by atoms with E-state index in [0.29, 0.717) is 10.2 Å². The van der Waals surface area contributed by atoms with Gasteiger partial charge in [-0.1, -0.05) is 43.6 Å². The number of carbonyl (C=O) groups is 1. The first-order chi connectivity index (χ1) is 10.9. The van der Waals surface area contributed by atoms with E-state index in [-0.39, 0.29) is 16.5 Å². The van der Waals surface area contributed by atoms with Crippen molar-refractivity contribution in [3.63, 3.8) is 0 Å². The van der Waals surface area contributed by atoms with E-state index in [1.165, 1.54) is 7.11 Å². The molecule has 3 nitrogen and oxygen atoms in total. The van der Waals surface area contributed by atoms with Crippen LogP contribution in [0, 0.1) is 5.82 Å². The second-order valence-electron chi connectivity index (χ2n) is 5.27. The zero-order valence-electron chi connectivity index (χ0n) is 12.9. The van der Waals surface area contributed by atoms with Crippen molar-refractivity contribution >= 4 is 44.9 Å². The molecule has 0 aliphatic heterocycles. The number of ether oxygens (including phenoxy) is 1. The average Bonchev–Trinajstić information content (AvgIpc) is 2.52. The fourth-order valence-corrected chi connectivity index (χ4v) is 2.81. The molecule has 0 unspecified atom stereocenters. The molecule has 2 aromatic rings. The Hall–Kier alpha value is -1.59. The first-order valence-corrected chi connectivity index (χ1v) is 8.15. The SMILES string of the molecule is COC(=O)c1c(Nc2ccccc2C(C)C)cc(Br)c(Cl)c1F. The highest BCUT2D eigenvalue weighted by molar-refractivity contribution is 9.10. The Kier molecular flexibility index (Phi) is 5.65. The van der Waals surface area contributed by atoms with Gasteiger partial charge in [0.1, 0.15) is 5.56 Å². The zero-order chi connectivity index (χ0) is 17.1. The number of methoxy groups -OCH3 is 1. The number of benzene rings is 2. The summed E-state index contributed by atoms with van der Waals surface area (Å²) in [6.07, 6.45) is 0. The summed E-state index contributed by atoms with van der Waals surface area (Å²) >= 11 is 9.08. The highest BCUT2D eigenvalue weighted by Gasteiger charge is 2.23. The first-order valence-electron chi connectivity index (χ1n) is 6.98. The van der Waals surface area contributed by atoms with Gasteiger partial charge in [0, 0.05) is 10.2 Å². The number of rotatable bonds is 4. The molecule has 0 atom stereocenters. The predicted molar refractivity (Wildman–Crippen MR) is 94.3 cm³/mol. The molecule has 2 aromatic carbocycles. The third-order valence-corrected chi connectivity index (χ3v) is 4.63. The van der Waals surface area contributed by atoms with E-state index in [0.717, 1.165) is 11.3 Å². The Balaban J connectivity index is 2.58. The minimum absolute atomic E-state index is 0.159. The second kappa shape index (κ2) is 7.32. The second-order valence-corrected chi connectivity index (χ2v) is 6.50. The Morgan fingerprint density at radius 2 is 1.96 bits per heavy atom. The van der Waals surface area contributed by atoms with Crippen molar-refractivity contribution < 1.29 is 13.9 Å². The quantitative estimate of drug-likeness (QED) is 0.513. The molecular weight excluding hydrogens is 385 g/mol. The van der Waals surface area contributed by atoms with Gasteiger partial charge in [0.25, 0.3) is 0 Å². The molecule has 0 aliphatic rings. The molecule has 2 rings (SSSR count). The molecule has 122 valence electrons. The largest absolute Gasteiger partial charge is 0.465 e. The van der Waals surface area contributed by atoms with E-state index in [1.54, 1.807) is 6.07 Å². The summed E-state index contributed by atoms with van der Waals surface area (Å²) in [5, 5.41) is 2.96. The Morgan fingerprint density at radius 1 is 1.30 bits per heavy atom. The van der Waals surface area contributed by atoms with Crippen LogP contribution in [0.15, 0.2) is 34.8 Å². The lowest BCUT2D eigenvalue weighted by Crippen LogP contribution is -2.10. The summed E-state index contributed by atoms with van der Waals surface area (Å²) in [5.74, 6) is -1.35. The van der Waals surface area contributed by atoms with Gasteiger partial charge >= 0.3 is 5.97 Å². The molecule has 6 heteroatoms. The number of halogens is 3. The monoisotopic (exact) mass is 399 g/mol. The van der Waals surface area contributed by atoms with Crippen molar-refractivity contribution in [2.75, 3.05) is 12.4 Å². The van der Waals surface area contributed by atoms with Gasteiger partial charge in [0.05, 0.1) is 17.8 Å². The summed E-state index contributed by atoms with van der Waals surface area (Å²) in [6, 6.07) is 9.21. The molecule has 0 radical (unpaired) electrons. The van der Waals surface area contributed by atoms with Crippen LogP contribution in [0.4, 0.5) is 15.8 Å². The van der Waals surface area contributed by atoms with Crippen LogP contribution in [0.5, 0.6) is 0 Å². The zero-order valence-corrected chi connectivity index (χ0v) is 15.3. The number of para-hydroxylation sites is 1. The van der Waals surface area contributed by atoms with Crippen LogP contribution < -0.4 is 5.32 Å². The average molecular weight is 401 g/mol. The van der Waals surface area contributed by atoms with Crippen LogP contribution in [-0.2, 0) is 4.74 Å². The molecule has 0 spiro atoms. The number of esters is 1. The van der Waals surface area contributed by atoms with Gasteiger partial charge in [-0.2, -0.15) is 0 Å². The van der Waals surface area contributed by atoms with Crippen molar-refractivity contribution in [1.29, 1.82) is 0 Å². The molecule has 0 saturated carbocycles. The van der Waals surface area contributed by atoms with Gasteiger partial charge in [-0.05, 0) is 39.5 Å². The third-order valence-electron chi connectivity index (χ3n) is 3.40. The number of anilines is 2. The highest BCUT2D eigenvalue weighted by atomic mass is 79.9. The Morgan fingerprint density at radius 3 is 2.57 bits per heavy atom. The van der Waals surface area contributed by atoms with Gasteiger partial charge in [0.2, 0.25) is 0 Å². The van der Waals surface area contributed by atoms with Crippen molar-refractivity contribution in [2.45, 2.75) is 19.8 Å². The number of nitrogens with one attached hydrogen (secondary N) is 1. The standard InChI is InChI=1S/C17H16BrClFNO2/c1-9(2)10-6-4-5-7-12(10)21-13-8-11(18)15(19)16(20)14(13)17(22)23-3/h4-9,21H,1-3H3. The summed E-state index contributed by atoms with van der Waals surface area (Å²) in [5.41, 5.74) is 1.91. The summed E-state index contributed by atoms with van der Waals surface area (Å²) < 4.78 is 19.5. The fourth-order valence-electron chi connectivity index (χ4n) is 2.25. The number of hydrogen-bond donors (Lipinski definition) is 1. The fraction of sp³-hybridized carbons (Fsp3) is 0.235. The normalized spacial score (nSPS) is 10.7. The van der Waals surface area contributed by atoms with Crippen molar-refractivity contribution in [1.82, 2.24) is 0 Å². The van der Waals surface area contributed by atoms with E-state index in [4.69, 9.17) is 11.6 Å². The minimum Gasteiger partial charge on any atom is -0.465 e. The van der Waals surface area contributed by atoms with Gasteiger partial charge in [-0.15, -0.1) is 0 Å². The molecule has 0 aliphatic carbocycles. The lowest BCUT2D eigenvalue weighted by Gasteiger charge is -2.17. The molecule has 0 heterocycles. The highest BCUT2D eigenvalue weighted by Crippen LogP contribution is 2.36. The molecule has 0 saturated heterocycles. The van der Waals surface area contributed by atoms with Crippen LogP contribution in [0.1, 0.15) is 35.7 Å². The van der Waals surface area contributed by atoms with Gasteiger partial charge < -0.3 is 10.1 Å². The molecule has 0 bridgehead atoms. The summed E-state index contributed by atoms with van der Waals surface area (Å²) in [7, 11) is 1.20. The predicted octanol–water partition coefficient (Wildman–Crippen LogP) is 5.90. The topological polar surface area (TPSA) is 38.3 Å². The molecule has 1 N–H and O–H groups in total. The molecular formula is C17H16BrClFNO2. The van der Waals surface area contributed by atoms with Crippen LogP contribution in [0.3, 0.4) is 0 Å². The van der Waals surface area contributed by atoms with Gasteiger partial charge in [0.15, 0.2) is 5.82 Å². The summed E-state index contributed by atoms with van der Waals surface area (Å²) in [6.45, 7) is 4.11. The van der Waals surface area contributed by atoms with E-state index in [2.05, 4.69) is 39.8 Å². The molecule has 0 amide bonds. The van der Waals surface area contributed by atoms with E-state index in [1.807, 2.05) is 24.3 Å². The first kappa shape index (κ1) is 17.8.